The van der Waals surface area contributed by atoms with Gasteiger partial charge in [-0.15, -0.1) is 0 Å². The van der Waals surface area contributed by atoms with Crippen LogP contribution in [0.5, 0.6) is 0 Å². The average Bonchev–Trinajstić information content (AvgIpc) is 2.94. The molecular weight excluding hydrogens is 276 g/mol. The fourth-order valence-electron chi connectivity index (χ4n) is 2.76. The predicted octanol–water partition coefficient (Wildman–Crippen LogP) is 2.26. The third kappa shape index (κ3) is 3.30. The summed E-state index contributed by atoms with van der Waals surface area (Å²) in [5, 5.41) is 32.5. The number of carboxylic acid groups (broad SMARTS) is 1. The highest BCUT2D eigenvalue weighted by Gasteiger charge is 2.33. The smallest absolute Gasteiger partial charge is 0.335 e. The number of carboxylic acids is 1. The number of rotatable bonds is 6. The third-order valence-electron chi connectivity index (χ3n) is 4.09. The van der Waals surface area contributed by atoms with E-state index in [4.69, 9.17) is 5.11 Å². The molecule has 1 aromatic carbocycles. The van der Waals surface area contributed by atoms with Gasteiger partial charge in [-0.25, -0.2) is 4.79 Å². The van der Waals surface area contributed by atoms with Crippen LogP contribution in [0, 0.1) is 15.5 Å². The number of hydrogen-bond acceptors (Lipinski definition) is 5. The second kappa shape index (κ2) is 6.09. The van der Waals surface area contributed by atoms with Crippen molar-refractivity contribution in [1.82, 2.24) is 0 Å². The minimum Gasteiger partial charge on any atom is -0.478 e. The summed E-state index contributed by atoms with van der Waals surface area (Å²) < 4.78 is 0. The van der Waals surface area contributed by atoms with Gasteiger partial charge in [-0.3, -0.25) is 10.1 Å². The van der Waals surface area contributed by atoms with Crippen LogP contribution in [-0.2, 0) is 0 Å². The molecule has 3 N–H and O–H groups in total. The lowest BCUT2D eigenvalue weighted by molar-refractivity contribution is -0.384. The number of nitro groups is 1. The molecule has 21 heavy (non-hydrogen) atoms. The van der Waals surface area contributed by atoms with E-state index >= 15 is 0 Å². The van der Waals surface area contributed by atoms with Crippen LogP contribution in [0.15, 0.2) is 18.2 Å². The molecule has 0 heterocycles. The molecule has 1 fully saturated rings. The molecule has 0 unspecified atom stereocenters. The molecule has 1 saturated carbocycles. The quantitative estimate of drug-likeness (QED) is 0.548. The van der Waals surface area contributed by atoms with Crippen molar-refractivity contribution in [3.05, 3.63) is 33.9 Å². The molecule has 0 spiro atoms. The number of nitrogens with zero attached hydrogens (tertiary/aromatic N) is 1. The Hall–Kier alpha value is -2.15. The molecule has 114 valence electrons. The predicted molar refractivity (Wildman–Crippen MR) is 76.5 cm³/mol. The highest BCUT2D eigenvalue weighted by atomic mass is 16.6. The maximum Gasteiger partial charge on any atom is 0.335 e. The molecule has 0 amide bonds. The maximum atomic E-state index is 11.1. The van der Waals surface area contributed by atoms with Gasteiger partial charge in [-0.05, 0) is 25.0 Å². The summed E-state index contributed by atoms with van der Waals surface area (Å²) in [5.74, 6) is -1.20. The van der Waals surface area contributed by atoms with E-state index in [1.807, 2.05) is 0 Å². The van der Waals surface area contributed by atoms with Gasteiger partial charge in [-0.2, -0.15) is 0 Å². The van der Waals surface area contributed by atoms with Crippen LogP contribution in [0.3, 0.4) is 0 Å². The fraction of sp³-hybridized carbons (Fsp3) is 0.500. The number of carbonyl (C=O) groups is 1. The first-order valence-corrected chi connectivity index (χ1v) is 6.84. The van der Waals surface area contributed by atoms with Crippen LogP contribution in [0.25, 0.3) is 0 Å². The zero-order valence-corrected chi connectivity index (χ0v) is 11.5. The van der Waals surface area contributed by atoms with Crippen molar-refractivity contribution in [3.63, 3.8) is 0 Å². The van der Waals surface area contributed by atoms with Crippen LogP contribution in [0.1, 0.15) is 36.0 Å². The van der Waals surface area contributed by atoms with E-state index in [2.05, 4.69) is 5.32 Å². The molecule has 0 atom stereocenters. The molecule has 0 saturated heterocycles. The monoisotopic (exact) mass is 294 g/mol. The van der Waals surface area contributed by atoms with E-state index in [1.54, 1.807) is 0 Å². The summed E-state index contributed by atoms with van der Waals surface area (Å²) in [6.45, 7) is 0.484. The van der Waals surface area contributed by atoms with Crippen molar-refractivity contribution in [2.45, 2.75) is 25.7 Å². The van der Waals surface area contributed by atoms with E-state index < -0.39 is 10.9 Å². The second-order valence-corrected chi connectivity index (χ2v) is 5.51. The van der Waals surface area contributed by atoms with Crippen molar-refractivity contribution >= 4 is 17.3 Å². The van der Waals surface area contributed by atoms with Crippen LogP contribution < -0.4 is 5.32 Å². The number of aliphatic hydroxyl groups excluding tert-OH is 1. The lowest BCUT2D eigenvalue weighted by Crippen LogP contribution is -2.30. The second-order valence-electron chi connectivity index (χ2n) is 5.51. The highest BCUT2D eigenvalue weighted by molar-refractivity contribution is 5.89. The highest BCUT2D eigenvalue weighted by Crippen LogP contribution is 2.38. The van der Waals surface area contributed by atoms with Gasteiger partial charge < -0.3 is 15.5 Å². The van der Waals surface area contributed by atoms with Crippen LogP contribution >= 0.6 is 0 Å². The molecule has 7 heteroatoms. The van der Waals surface area contributed by atoms with E-state index in [1.165, 1.54) is 12.1 Å². The lowest BCUT2D eigenvalue weighted by atomic mass is 9.87. The molecule has 0 radical (unpaired) electrons. The fourth-order valence-corrected chi connectivity index (χ4v) is 2.76. The summed E-state index contributed by atoms with van der Waals surface area (Å²) >= 11 is 0. The normalized spacial score (nSPS) is 16.6. The van der Waals surface area contributed by atoms with Gasteiger partial charge in [0.25, 0.3) is 5.69 Å². The summed E-state index contributed by atoms with van der Waals surface area (Å²) in [5.41, 5.74) is -0.338. The first-order chi connectivity index (χ1) is 9.97. The summed E-state index contributed by atoms with van der Waals surface area (Å²) in [7, 11) is 0. The third-order valence-corrected chi connectivity index (χ3v) is 4.09. The van der Waals surface area contributed by atoms with E-state index in [-0.39, 0.29) is 29.0 Å². The van der Waals surface area contributed by atoms with Gasteiger partial charge in [-0.1, -0.05) is 12.8 Å². The molecule has 2 rings (SSSR count). The molecule has 7 nitrogen and oxygen atoms in total. The Morgan fingerprint density at radius 2 is 2.05 bits per heavy atom. The first-order valence-electron chi connectivity index (χ1n) is 6.84. The molecule has 1 aliphatic rings. The van der Waals surface area contributed by atoms with Crippen molar-refractivity contribution in [2.24, 2.45) is 5.41 Å². The van der Waals surface area contributed by atoms with E-state index in [0.29, 0.717) is 6.54 Å². The number of aliphatic hydroxyl groups is 1. The van der Waals surface area contributed by atoms with Crippen molar-refractivity contribution in [1.29, 1.82) is 0 Å². The van der Waals surface area contributed by atoms with Crippen LogP contribution in [0.4, 0.5) is 11.4 Å². The first kappa shape index (κ1) is 15.2. The largest absolute Gasteiger partial charge is 0.478 e. The van der Waals surface area contributed by atoms with Gasteiger partial charge >= 0.3 is 5.97 Å². The van der Waals surface area contributed by atoms with Crippen LogP contribution in [0.2, 0.25) is 0 Å². The van der Waals surface area contributed by atoms with Gasteiger partial charge in [0, 0.05) is 18.0 Å². The molecule has 0 aliphatic heterocycles. The molecular formula is C14H18N2O5. The van der Waals surface area contributed by atoms with Gasteiger partial charge in [0.05, 0.1) is 17.1 Å². The Balaban J connectivity index is 2.19. The zero-order chi connectivity index (χ0) is 15.5. The van der Waals surface area contributed by atoms with Crippen molar-refractivity contribution in [3.8, 4) is 0 Å². The molecule has 0 bridgehead atoms. The Labute approximate surface area is 121 Å². The number of anilines is 1. The summed E-state index contributed by atoms with van der Waals surface area (Å²) in [4.78, 5) is 21.3. The number of nitrogens with one attached hydrogen (secondary N) is 1. The Morgan fingerprint density at radius 1 is 1.38 bits per heavy atom. The topological polar surface area (TPSA) is 113 Å². The van der Waals surface area contributed by atoms with Crippen LogP contribution in [-0.4, -0.2) is 34.3 Å². The van der Waals surface area contributed by atoms with E-state index in [9.17, 15) is 20.0 Å². The zero-order valence-electron chi connectivity index (χ0n) is 11.5. The standard InChI is InChI=1S/C14H18N2O5/c17-9-14(5-1-2-6-14)8-15-11-4-3-10(13(18)19)7-12(11)16(20)21/h3-4,7,15,17H,1-2,5-6,8-9H2,(H,18,19). The minimum absolute atomic E-state index is 0.0427. The Bertz CT molecular complexity index is 552. The van der Waals surface area contributed by atoms with Crippen molar-refractivity contribution < 1.29 is 19.9 Å². The Morgan fingerprint density at radius 3 is 2.57 bits per heavy atom. The van der Waals surface area contributed by atoms with Crippen molar-refractivity contribution in [2.75, 3.05) is 18.5 Å². The molecule has 1 aliphatic carbocycles. The van der Waals surface area contributed by atoms with Gasteiger partial charge in [0.1, 0.15) is 5.69 Å². The number of hydrogen-bond donors (Lipinski definition) is 3. The number of nitro benzene ring substituents is 1. The minimum atomic E-state index is -1.20. The molecule has 1 aromatic rings. The average molecular weight is 294 g/mol. The van der Waals surface area contributed by atoms with Gasteiger partial charge in [0.15, 0.2) is 0 Å². The SMILES string of the molecule is O=C(O)c1ccc(NCC2(CO)CCCC2)c([N+](=O)[O-])c1. The molecule has 0 aromatic heterocycles. The number of benzene rings is 1. The Kier molecular flexibility index (Phi) is 4.42. The van der Waals surface area contributed by atoms with Gasteiger partial charge in [0.2, 0.25) is 0 Å². The lowest BCUT2D eigenvalue weighted by Gasteiger charge is -2.27. The summed E-state index contributed by atoms with van der Waals surface area (Å²) in [6, 6.07) is 3.78. The maximum absolute atomic E-state index is 11.1. The van der Waals surface area contributed by atoms with E-state index in [0.717, 1.165) is 31.7 Å². The summed E-state index contributed by atoms with van der Waals surface area (Å²) in [6.07, 6.45) is 3.86. The number of aromatic carboxylic acids is 1.